The van der Waals surface area contributed by atoms with Crippen LogP contribution in [0.5, 0.6) is 0 Å². The van der Waals surface area contributed by atoms with E-state index in [9.17, 15) is 9.59 Å². The number of hydrogen-bond donors (Lipinski definition) is 0. The number of ether oxygens (including phenoxy) is 2. The fraction of sp³-hybridized carbons (Fsp3) is 0.667. The SMILES string of the molecule is CC(=O)OC(C)OC(=O)/N=C(/C)N(C)C. The molecule has 1 amide bonds. The van der Waals surface area contributed by atoms with Crippen molar-refractivity contribution in [2.45, 2.75) is 27.1 Å². The third kappa shape index (κ3) is 6.48. The molecule has 1 atom stereocenters. The van der Waals surface area contributed by atoms with Gasteiger partial charge < -0.3 is 14.4 Å². The van der Waals surface area contributed by atoms with E-state index in [0.29, 0.717) is 5.84 Å². The zero-order valence-electron chi connectivity index (χ0n) is 9.60. The quantitative estimate of drug-likeness (QED) is 0.298. The maximum atomic E-state index is 11.1. The van der Waals surface area contributed by atoms with Gasteiger partial charge in [-0.05, 0) is 6.92 Å². The van der Waals surface area contributed by atoms with E-state index in [1.807, 2.05) is 0 Å². The Kier molecular flexibility index (Phi) is 5.36. The molecule has 6 nitrogen and oxygen atoms in total. The van der Waals surface area contributed by atoms with E-state index in [-0.39, 0.29) is 0 Å². The summed E-state index contributed by atoms with van der Waals surface area (Å²) >= 11 is 0. The van der Waals surface area contributed by atoms with Crippen LogP contribution in [0.2, 0.25) is 0 Å². The molecule has 0 saturated carbocycles. The fourth-order valence-corrected chi connectivity index (χ4v) is 0.658. The van der Waals surface area contributed by atoms with Crippen molar-refractivity contribution in [3.8, 4) is 0 Å². The highest BCUT2D eigenvalue weighted by atomic mass is 16.7. The van der Waals surface area contributed by atoms with Crippen LogP contribution < -0.4 is 0 Å². The lowest BCUT2D eigenvalue weighted by molar-refractivity contribution is -0.161. The molecule has 0 bridgehead atoms. The van der Waals surface area contributed by atoms with Crippen LogP contribution in [-0.2, 0) is 14.3 Å². The van der Waals surface area contributed by atoms with E-state index in [1.54, 1.807) is 25.9 Å². The summed E-state index contributed by atoms with van der Waals surface area (Å²) in [6, 6.07) is 0. The molecule has 0 aromatic heterocycles. The van der Waals surface area contributed by atoms with Crippen molar-refractivity contribution >= 4 is 17.9 Å². The van der Waals surface area contributed by atoms with Crippen LogP contribution in [-0.4, -0.2) is 43.2 Å². The van der Waals surface area contributed by atoms with Crippen LogP contribution in [0.25, 0.3) is 0 Å². The zero-order chi connectivity index (χ0) is 12.0. The Morgan fingerprint density at radius 1 is 1.20 bits per heavy atom. The second-order valence-electron chi connectivity index (χ2n) is 3.11. The molecule has 0 saturated heterocycles. The average Bonchev–Trinajstić information content (AvgIpc) is 2.00. The van der Waals surface area contributed by atoms with Crippen molar-refractivity contribution in [2.75, 3.05) is 14.1 Å². The minimum absolute atomic E-state index is 0.509. The number of hydrogen-bond acceptors (Lipinski definition) is 4. The van der Waals surface area contributed by atoms with E-state index >= 15 is 0 Å². The third-order valence-electron chi connectivity index (χ3n) is 1.50. The van der Waals surface area contributed by atoms with Crippen LogP contribution in [0.3, 0.4) is 0 Å². The summed E-state index contributed by atoms with van der Waals surface area (Å²) in [5.74, 6) is -0.00126. The summed E-state index contributed by atoms with van der Waals surface area (Å²) in [5, 5.41) is 0. The summed E-state index contributed by atoms with van der Waals surface area (Å²) in [4.78, 5) is 26.9. The number of aliphatic imine (C=N–C) groups is 1. The van der Waals surface area contributed by atoms with Gasteiger partial charge in [0, 0.05) is 27.9 Å². The lowest BCUT2D eigenvalue weighted by Gasteiger charge is -2.13. The summed E-state index contributed by atoms with van der Waals surface area (Å²) in [6.07, 6.45) is -1.70. The molecule has 0 fully saturated rings. The van der Waals surface area contributed by atoms with Gasteiger partial charge in [0.25, 0.3) is 0 Å². The summed E-state index contributed by atoms with van der Waals surface area (Å²) in [5.41, 5.74) is 0. The summed E-state index contributed by atoms with van der Waals surface area (Å²) < 4.78 is 9.28. The smallest absolute Gasteiger partial charge is 0.426 e. The molecule has 0 spiro atoms. The largest absolute Gasteiger partial charge is 0.438 e. The number of amides is 1. The molecule has 15 heavy (non-hydrogen) atoms. The second kappa shape index (κ2) is 6.00. The van der Waals surface area contributed by atoms with Crippen molar-refractivity contribution in [3.05, 3.63) is 0 Å². The lowest BCUT2D eigenvalue weighted by atomic mass is 10.6. The van der Waals surface area contributed by atoms with E-state index in [0.717, 1.165) is 0 Å². The Bertz CT molecular complexity index is 273. The molecule has 0 heterocycles. The van der Waals surface area contributed by atoms with Gasteiger partial charge in [0.2, 0.25) is 6.29 Å². The van der Waals surface area contributed by atoms with Gasteiger partial charge in [-0.2, -0.15) is 4.99 Å². The average molecular weight is 216 g/mol. The topological polar surface area (TPSA) is 68.2 Å². The molecule has 0 aliphatic rings. The van der Waals surface area contributed by atoms with Crippen molar-refractivity contribution in [1.29, 1.82) is 0 Å². The molecule has 0 N–H and O–H groups in total. The maximum absolute atomic E-state index is 11.1. The summed E-state index contributed by atoms with van der Waals surface area (Å²) in [7, 11) is 3.50. The van der Waals surface area contributed by atoms with Crippen LogP contribution in [0, 0.1) is 0 Å². The first-order chi connectivity index (χ1) is 6.82. The lowest BCUT2D eigenvalue weighted by Crippen LogP contribution is -2.23. The van der Waals surface area contributed by atoms with Gasteiger partial charge in [0.05, 0.1) is 0 Å². The minimum Gasteiger partial charge on any atom is -0.426 e. The van der Waals surface area contributed by atoms with Crippen LogP contribution in [0.1, 0.15) is 20.8 Å². The Labute approximate surface area is 88.9 Å². The van der Waals surface area contributed by atoms with Gasteiger partial charge in [-0.1, -0.05) is 0 Å². The Morgan fingerprint density at radius 2 is 1.73 bits per heavy atom. The molecule has 0 aromatic rings. The number of amidine groups is 1. The molecule has 0 aliphatic carbocycles. The van der Waals surface area contributed by atoms with Gasteiger partial charge in [-0.15, -0.1) is 0 Å². The predicted octanol–water partition coefficient (Wildman–Crippen LogP) is 1.01. The molecule has 0 rings (SSSR count). The maximum Gasteiger partial charge on any atom is 0.438 e. The molecule has 86 valence electrons. The molecule has 0 aromatic carbocycles. The van der Waals surface area contributed by atoms with Crippen LogP contribution >= 0.6 is 0 Å². The monoisotopic (exact) mass is 216 g/mol. The van der Waals surface area contributed by atoms with Crippen molar-refractivity contribution in [1.82, 2.24) is 4.90 Å². The number of esters is 1. The first-order valence-electron chi connectivity index (χ1n) is 4.43. The van der Waals surface area contributed by atoms with Gasteiger partial charge in [0.15, 0.2) is 0 Å². The van der Waals surface area contributed by atoms with Crippen molar-refractivity contribution < 1.29 is 19.1 Å². The van der Waals surface area contributed by atoms with E-state index in [4.69, 9.17) is 0 Å². The van der Waals surface area contributed by atoms with E-state index in [2.05, 4.69) is 14.5 Å². The van der Waals surface area contributed by atoms with Gasteiger partial charge in [-0.25, -0.2) is 4.79 Å². The fourth-order valence-electron chi connectivity index (χ4n) is 0.658. The van der Waals surface area contributed by atoms with Gasteiger partial charge in [0.1, 0.15) is 5.84 Å². The predicted molar refractivity (Wildman–Crippen MR) is 54.5 cm³/mol. The van der Waals surface area contributed by atoms with Crippen molar-refractivity contribution in [2.24, 2.45) is 4.99 Å². The Balaban J connectivity index is 4.14. The third-order valence-corrected chi connectivity index (χ3v) is 1.50. The Morgan fingerprint density at radius 3 is 2.13 bits per heavy atom. The molecular formula is C9H16N2O4. The molecular weight excluding hydrogens is 200 g/mol. The van der Waals surface area contributed by atoms with E-state index in [1.165, 1.54) is 13.8 Å². The number of carbonyl (C=O) groups is 2. The second-order valence-corrected chi connectivity index (χ2v) is 3.11. The van der Waals surface area contributed by atoms with Gasteiger partial charge >= 0.3 is 12.1 Å². The highest BCUT2D eigenvalue weighted by molar-refractivity contribution is 5.89. The van der Waals surface area contributed by atoms with Crippen LogP contribution in [0.15, 0.2) is 4.99 Å². The first-order valence-corrected chi connectivity index (χ1v) is 4.43. The zero-order valence-corrected chi connectivity index (χ0v) is 9.60. The first kappa shape index (κ1) is 13.4. The summed E-state index contributed by atoms with van der Waals surface area (Å²) in [6.45, 7) is 4.34. The van der Waals surface area contributed by atoms with E-state index < -0.39 is 18.4 Å². The number of carbonyl (C=O) groups excluding carboxylic acids is 2. The molecule has 1 unspecified atom stereocenters. The molecule has 6 heteroatoms. The van der Waals surface area contributed by atoms with Crippen LogP contribution in [0.4, 0.5) is 4.79 Å². The minimum atomic E-state index is -0.922. The highest BCUT2D eigenvalue weighted by Gasteiger charge is 2.11. The molecule has 0 radical (unpaired) electrons. The number of rotatable bonds is 2. The molecule has 0 aliphatic heterocycles. The Hall–Kier alpha value is -1.59. The standard InChI is InChI=1S/C9H16N2O4/c1-6(11(4)5)10-9(13)15-8(3)14-7(2)12/h8H,1-5H3/b10-6-. The van der Waals surface area contributed by atoms with Gasteiger partial charge in [-0.3, -0.25) is 4.79 Å². The highest BCUT2D eigenvalue weighted by Crippen LogP contribution is 1.97. The normalized spacial score (nSPS) is 13.0. The van der Waals surface area contributed by atoms with Crippen molar-refractivity contribution in [3.63, 3.8) is 0 Å². The number of nitrogens with zero attached hydrogens (tertiary/aromatic N) is 2.